The van der Waals surface area contributed by atoms with E-state index in [2.05, 4.69) is 4.98 Å². The van der Waals surface area contributed by atoms with Crippen molar-refractivity contribution >= 4 is 28.7 Å². The number of piperidine rings is 1. The van der Waals surface area contributed by atoms with Crippen molar-refractivity contribution in [3.8, 4) is 22.9 Å². The number of ether oxygens (including phenoxy) is 2. The van der Waals surface area contributed by atoms with Gasteiger partial charge in [-0.25, -0.2) is 9.59 Å². The van der Waals surface area contributed by atoms with Crippen LogP contribution in [0.3, 0.4) is 0 Å². The molecule has 9 nitrogen and oxygen atoms in total. The molecule has 4 aromatic rings. The van der Waals surface area contributed by atoms with Crippen LogP contribution in [-0.2, 0) is 0 Å². The lowest BCUT2D eigenvalue weighted by atomic mass is 9.77. The predicted molar refractivity (Wildman–Crippen MR) is 150 cm³/mol. The molecule has 0 bridgehead atoms. The molecule has 1 amide bonds. The Hall–Kier alpha value is -3.98. The Morgan fingerprint density at radius 1 is 1.08 bits per heavy atom. The van der Waals surface area contributed by atoms with Gasteiger partial charge in [0.05, 0.1) is 42.1 Å². The zero-order chi connectivity index (χ0) is 27.9. The number of carbonyl (C=O) groups is 1. The summed E-state index contributed by atoms with van der Waals surface area (Å²) in [5, 5.41) is 10.3. The Morgan fingerprint density at radius 2 is 1.79 bits per heavy atom. The van der Waals surface area contributed by atoms with Crippen LogP contribution in [0.15, 0.2) is 65.7 Å². The lowest BCUT2D eigenvalue weighted by molar-refractivity contribution is 0.0274. The van der Waals surface area contributed by atoms with Gasteiger partial charge in [-0.2, -0.15) is 0 Å². The van der Waals surface area contributed by atoms with E-state index >= 15 is 0 Å². The van der Waals surface area contributed by atoms with E-state index in [4.69, 9.17) is 21.1 Å². The summed E-state index contributed by atoms with van der Waals surface area (Å²) in [7, 11) is 1.54. The quantitative estimate of drug-likeness (QED) is 0.310. The number of hydrogen-bond donors (Lipinski definition) is 1. The summed E-state index contributed by atoms with van der Waals surface area (Å²) in [6.07, 6.45) is 3.72. The van der Waals surface area contributed by atoms with Crippen LogP contribution in [0.1, 0.15) is 39.7 Å². The van der Waals surface area contributed by atoms with E-state index in [1.54, 1.807) is 71.1 Å². The second-order valence-corrected chi connectivity index (χ2v) is 11.1. The number of carboxylic acid groups (broad SMARTS) is 1. The smallest absolute Gasteiger partial charge is 0.407 e. The minimum atomic E-state index is -0.968. The molecule has 5 rings (SSSR count). The molecule has 2 aromatic carbocycles. The van der Waals surface area contributed by atoms with Gasteiger partial charge in [0.15, 0.2) is 0 Å². The Labute approximate surface area is 231 Å². The summed E-state index contributed by atoms with van der Waals surface area (Å²) in [4.78, 5) is 32.0. The number of rotatable bonds is 5. The number of amides is 1. The van der Waals surface area contributed by atoms with Crippen LogP contribution in [0.4, 0.5) is 4.79 Å². The van der Waals surface area contributed by atoms with E-state index in [1.807, 2.05) is 26.8 Å². The zero-order valence-electron chi connectivity index (χ0n) is 22.3. The van der Waals surface area contributed by atoms with E-state index in [-0.39, 0.29) is 23.2 Å². The van der Waals surface area contributed by atoms with Crippen LogP contribution in [-0.4, -0.2) is 49.9 Å². The van der Waals surface area contributed by atoms with Crippen molar-refractivity contribution in [2.75, 3.05) is 13.7 Å². The van der Waals surface area contributed by atoms with Gasteiger partial charge in [0.25, 0.3) is 0 Å². The summed E-state index contributed by atoms with van der Waals surface area (Å²) in [6.45, 7) is 6.50. The monoisotopic (exact) mass is 550 g/mol. The van der Waals surface area contributed by atoms with Gasteiger partial charge in [-0.05, 0) is 60.7 Å². The average molecular weight is 551 g/mol. The van der Waals surface area contributed by atoms with Crippen LogP contribution in [0, 0.1) is 5.41 Å². The third-order valence-electron chi connectivity index (χ3n) is 7.21. The molecular formula is C29H31ClN4O5. The zero-order valence-corrected chi connectivity index (χ0v) is 23.1. The molecule has 0 aliphatic carbocycles. The fourth-order valence-electron chi connectivity index (χ4n) is 5.66. The molecule has 1 aliphatic rings. The largest absolute Gasteiger partial charge is 0.495 e. The van der Waals surface area contributed by atoms with Gasteiger partial charge in [0.1, 0.15) is 22.3 Å². The van der Waals surface area contributed by atoms with Crippen LogP contribution in [0.5, 0.6) is 17.2 Å². The third-order valence-corrected chi connectivity index (χ3v) is 7.58. The number of likely N-dealkylation sites (tertiary alicyclic amines) is 1. The van der Waals surface area contributed by atoms with Crippen molar-refractivity contribution in [2.45, 2.75) is 45.7 Å². The topological polar surface area (TPSA) is 98.8 Å². The van der Waals surface area contributed by atoms with Gasteiger partial charge in [-0.1, -0.05) is 38.4 Å². The first kappa shape index (κ1) is 26.6. The van der Waals surface area contributed by atoms with Gasteiger partial charge in [0.2, 0.25) is 0 Å². The first-order valence-corrected chi connectivity index (χ1v) is 13.2. The first-order valence-electron chi connectivity index (χ1n) is 12.8. The van der Waals surface area contributed by atoms with Crippen LogP contribution in [0.2, 0.25) is 5.02 Å². The van der Waals surface area contributed by atoms with E-state index in [1.165, 1.54) is 4.90 Å². The molecule has 3 heterocycles. The SMILES string of the molecule is COc1cccc(Oc2ccc(-n3c(=O)n(C4CCCN(C(=O)O)C4C(C)(C)C)c4ccncc43)cc2)c1Cl. The number of benzene rings is 2. The molecule has 204 valence electrons. The lowest BCUT2D eigenvalue weighted by Gasteiger charge is -2.47. The highest BCUT2D eigenvalue weighted by Gasteiger charge is 2.44. The van der Waals surface area contributed by atoms with Gasteiger partial charge in [0, 0.05) is 12.7 Å². The molecule has 39 heavy (non-hydrogen) atoms. The summed E-state index contributed by atoms with van der Waals surface area (Å²) >= 11 is 6.38. The molecule has 1 aliphatic heterocycles. The fourth-order valence-corrected chi connectivity index (χ4v) is 5.90. The van der Waals surface area contributed by atoms with Crippen molar-refractivity contribution < 1.29 is 19.4 Å². The maximum atomic E-state index is 14.1. The van der Waals surface area contributed by atoms with Crippen LogP contribution < -0.4 is 15.2 Å². The predicted octanol–water partition coefficient (Wildman–Crippen LogP) is 6.37. The summed E-state index contributed by atoms with van der Waals surface area (Å²) in [5.41, 5.74) is 1.37. The summed E-state index contributed by atoms with van der Waals surface area (Å²) in [5.74, 6) is 1.51. The molecule has 0 radical (unpaired) electrons. The van der Waals surface area contributed by atoms with Gasteiger partial charge in [-0.3, -0.25) is 14.1 Å². The first-order chi connectivity index (χ1) is 18.6. The second-order valence-electron chi connectivity index (χ2n) is 10.7. The third kappa shape index (κ3) is 4.83. The van der Waals surface area contributed by atoms with E-state index in [9.17, 15) is 14.7 Å². The summed E-state index contributed by atoms with van der Waals surface area (Å²) in [6, 6.07) is 13.5. The highest BCUT2D eigenvalue weighted by Crippen LogP contribution is 2.40. The number of fused-ring (bicyclic) bond motifs is 1. The number of nitrogens with zero attached hydrogens (tertiary/aromatic N) is 4. The maximum Gasteiger partial charge on any atom is 0.407 e. The Morgan fingerprint density at radius 3 is 2.46 bits per heavy atom. The molecular weight excluding hydrogens is 520 g/mol. The molecule has 0 saturated carbocycles. The molecule has 1 saturated heterocycles. The summed E-state index contributed by atoms with van der Waals surface area (Å²) < 4.78 is 14.6. The van der Waals surface area contributed by atoms with Crippen molar-refractivity contribution in [3.63, 3.8) is 0 Å². The number of pyridine rings is 1. The fraction of sp³-hybridized carbons (Fsp3) is 0.345. The Balaban J connectivity index is 1.57. The Bertz CT molecular complexity index is 1570. The maximum absolute atomic E-state index is 14.1. The van der Waals surface area contributed by atoms with Crippen molar-refractivity contribution in [3.05, 3.63) is 76.4 Å². The van der Waals surface area contributed by atoms with Crippen molar-refractivity contribution in [1.82, 2.24) is 19.0 Å². The molecule has 1 N–H and O–H groups in total. The van der Waals surface area contributed by atoms with Gasteiger partial charge >= 0.3 is 11.8 Å². The minimum Gasteiger partial charge on any atom is -0.495 e. The molecule has 1 fully saturated rings. The van der Waals surface area contributed by atoms with E-state index in [0.717, 1.165) is 0 Å². The molecule has 2 aromatic heterocycles. The normalized spacial score (nSPS) is 17.8. The molecule has 0 spiro atoms. The van der Waals surface area contributed by atoms with Crippen LogP contribution >= 0.6 is 11.6 Å². The number of methoxy groups -OCH3 is 1. The van der Waals surface area contributed by atoms with Gasteiger partial charge in [-0.15, -0.1) is 0 Å². The Kier molecular flexibility index (Phi) is 7.03. The van der Waals surface area contributed by atoms with Crippen LogP contribution in [0.25, 0.3) is 16.7 Å². The second kappa shape index (κ2) is 10.3. The van der Waals surface area contributed by atoms with Crippen molar-refractivity contribution in [1.29, 1.82) is 0 Å². The number of hydrogen-bond acceptors (Lipinski definition) is 5. The number of aromatic nitrogens is 3. The lowest BCUT2D eigenvalue weighted by Crippen LogP contribution is -2.55. The van der Waals surface area contributed by atoms with E-state index in [0.29, 0.717) is 58.4 Å². The number of halogens is 1. The highest BCUT2D eigenvalue weighted by atomic mass is 35.5. The van der Waals surface area contributed by atoms with Crippen molar-refractivity contribution in [2.24, 2.45) is 5.41 Å². The average Bonchev–Trinajstić information content (AvgIpc) is 3.21. The molecule has 10 heteroatoms. The van der Waals surface area contributed by atoms with E-state index < -0.39 is 6.09 Å². The number of imidazole rings is 1. The minimum absolute atomic E-state index is 0.242. The highest BCUT2D eigenvalue weighted by molar-refractivity contribution is 6.33. The van der Waals surface area contributed by atoms with Gasteiger partial charge < -0.3 is 19.5 Å². The standard InChI is InChI=1S/C29H31ClN4O5/c1-29(2,3)26-21(7-6-16-32(26)28(36)37)34-20-14-15-31-17-22(20)33(27(34)35)18-10-12-19(13-11-18)39-24-9-5-8-23(38-4)25(24)30/h5,8-15,17,21,26H,6-7,16H2,1-4H3,(H,36,37). The molecule has 2 unspecified atom stereocenters. The molecule has 2 atom stereocenters.